The van der Waals surface area contributed by atoms with Crippen molar-refractivity contribution in [2.45, 2.75) is 6.92 Å². The molecule has 24 heavy (non-hydrogen) atoms. The number of anilines is 1. The Morgan fingerprint density at radius 3 is 2.46 bits per heavy atom. The van der Waals surface area contributed by atoms with Gasteiger partial charge in [-0.25, -0.2) is 4.98 Å². The van der Waals surface area contributed by atoms with E-state index in [4.69, 9.17) is 4.98 Å². The number of benzene rings is 3. The molecule has 4 aromatic rings. The lowest BCUT2D eigenvalue weighted by Gasteiger charge is -2.16. The molecule has 0 aliphatic carbocycles. The van der Waals surface area contributed by atoms with Gasteiger partial charge in [-0.2, -0.15) is 0 Å². The number of aryl methyl sites for hydroxylation is 1. The Hall–Kier alpha value is -2.81. The molecular weight excluding hydrogens is 294 g/mol. The van der Waals surface area contributed by atoms with Crippen molar-refractivity contribution in [3.05, 3.63) is 60.7 Å². The minimum atomic E-state index is 0.998. The van der Waals surface area contributed by atoms with Crippen LogP contribution in [0.2, 0.25) is 0 Å². The number of hydrogen-bond donors (Lipinski definition) is 0. The van der Waals surface area contributed by atoms with Crippen LogP contribution in [0.3, 0.4) is 0 Å². The molecule has 0 aliphatic rings. The molecule has 3 heteroatoms. The maximum atomic E-state index is 4.95. The summed E-state index contributed by atoms with van der Waals surface area (Å²) >= 11 is 0. The van der Waals surface area contributed by atoms with Crippen LogP contribution in [-0.2, 0) is 7.05 Å². The third kappa shape index (κ3) is 2.24. The lowest BCUT2D eigenvalue weighted by Crippen LogP contribution is -2.15. The molecule has 0 saturated carbocycles. The minimum Gasteiger partial charge on any atom is -0.375 e. The van der Waals surface area contributed by atoms with Gasteiger partial charge in [0.1, 0.15) is 5.82 Å². The first kappa shape index (κ1) is 14.8. The zero-order valence-electron chi connectivity index (χ0n) is 14.3. The number of nitrogens with zero attached hydrogens (tertiary/aromatic N) is 3. The lowest BCUT2D eigenvalue weighted by atomic mass is 10.1. The summed E-state index contributed by atoms with van der Waals surface area (Å²) in [4.78, 5) is 7.18. The van der Waals surface area contributed by atoms with E-state index < -0.39 is 0 Å². The summed E-state index contributed by atoms with van der Waals surface area (Å²) in [6.07, 6.45) is 0. The van der Waals surface area contributed by atoms with E-state index in [0.717, 1.165) is 23.4 Å². The molecule has 1 heterocycles. The Morgan fingerprint density at radius 1 is 0.958 bits per heavy atom. The molecule has 0 spiro atoms. The third-order valence-corrected chi connectivity index (χ3v) is 4.82. The number of imidazole rings is 1. The van der Waals surface area contributed by atoms with Gasteiger partial charge in [-0.15, -0.1) is 0 Å². The standard InChI is InChI=1S/C21H21N3/c1-4-23(2)17-12-9-16(10-13-17)21-22-20-18-8-6-5-7-15(18)11-14-19(20)24(21)3/h5-14H,4H2,1-3H3. The minimum absolute atomic E-state index is 0.998. The molecule has 0 fully saturated rings. The molecule has 120 valence electrons. The smallest absolute Gasteiger partial charge is 0.140 e. The van der Waals surface area contributed by atoms with E-state index in [-0.39, 0.29) is 0 Å². The zero-order chi connectivity index (χ0) is 16.7. The Bertz CT molecular complexity index is 1010. The van der Waals surface area contributed by atoms with Gasteiger partial charge in [0, 0.05) is 37.3 Å². The topological polar surface area (TPSA) is 21.1 Å². The fourth-order valence-corrected chi connectivity index (χ4v) is 3.23. The summed E-state index contributed by atoms with van der Waals surface area (Å²) in [7, 11) is 4.20. The average molecular weight is 315 g/mol. The molecule has 0 N–H and O–H groups in total. The Labute approximate surface area is 142 Å². The van der Waals surface area contributed by atoms with Gasteiger partial charge < -0.3 is 9.47 Å². The van der Waals surface area contributed by atoms with Crippen molar-refractivity contribution < 1.29 is 0 Å². The third-order valence-electron chi connectivity index (χ3n) is 4.82. The Morgan fingerprint density at radius 2 is 1.71 bits per heavy atom. The van der Waals surface area contributed by atoms with Crippen LogP contribution in [0.1, 0.15) is 6.92 Å². The van der Waals surface area contributed by atoms with Crippen LogP contribution in [0.25, 0.3) is 33.2 Å². The largest absolute Gasteiger partial charge is 0.375 e. The molecule has 3 nitrogen and oxygen atoms in total. The van der Waals surface area contributed by atoms with E-state index in [1.807, 2.05) is 0 Å². The van der Waals surface area contributed by atoms with Gasteiger partial charge in [0.15, 0.2) is 0 Å². The summed E-state index contributed by atoms with van der Waals surface area (Å²) < 4.78 is 2.18. The van der Waals surface area contributed by atoms with Crippen molar-refractivity contribution in [3.8, 4) is 11.4 Å². The summed E-state index contributed by atoms with van der Waals surface area (Å²) in [6.45, 7) is 3.15. The fourth-order valence-electron chi connectivity index (χ4n) is 3.23. The van der Waals surface area contributed by atoms with E-state index in [2.05, 4.69) is 91.1 Å². The maximum Gasteiger partial charge on any atom is 0.140 e. The number of aromatic nitrogens is 2. The van der Waals surface area contributed by atoms with Crippen molar-refractivity contribution in [1.82, 2.24) is 9.55 Å². The molecule has 3 aromatic carbocycles. The second-order valence-electron chi connectivity index (χ2n) is 6.21. The maximum absolute atomic E-state index is 4.95. The quantitative estimate of drug-likeness (QED) is 0.539. The van der Waals surface area contributed by atoms with Crippen LogP contribution in [0.15, 0.2) is 60.7 Å². The van der Waals surface area contributed by atoms with Gasteiger partial charge >= 0.3 is 0 Å². The van der Waals surface area contributed by atoms with Gasteiger partial charge in [0.05, 0.1) is 11.0 Å². The van der Waals surface area contributed by atoms with Crippen LogP contribution in [-0.4, -0.2) is 23.1 Å². The van der Waals surface area contributed by atoms with Crippen LogP contribution >= 0.6 is 0 Å². The molecule has 0 aliphatic heterocycles. The van der Waals surface area contributed by atoms with Gasteiger partial charge in [0.2, 0.25) is 0 Å². The monoisotopic (exact) mass is 315 g/mol. The van der Waals surface area contributed by atoms with Crippen molar-refractivity contribution in [2.24, 2.45) is 7.05 Å². The molecule has 0 unspecified atom stereocenters. The predicted octanol–water partition coefficient (Wildman–Crippen LogP) is 4.85. The molecule has 0 saturated heterocycles. The Balaban J connectivity index is 1.88. The van der Waals surface area contributed by atoms with E-state index in [1.54, 1.807) is 0 Å². The first-order chi connectivity index (χ1) is 11.7. The number of rotatable bonds is 3. The lowest BCUT2D eigenvalue weighted by molar-refractivity contribution is 0.956. The SMILES string of the molecule is CCN(C)c1ccc(-c2nc3c4ccccc4ccc3n2C)cc1. The van der Waals surface area contributed by atoms with Crippen LogP contribution in [0.5, 0.6) is 0 Å². The molecule has 0 amide bonds. The highest BCUT2D eigenvalue weighted by Gasteiger charge is 2.12. The summed E-state index contributed by atoms with van der Waals surface area (Å²) in [5.41, 5.74) is 4.61. The van der Waals surface area contributed by atoms with Crippen LogP contribution < -0.4 is 4.90 Å². The van der Waals surface area contributed by atoms with Crippen LogP contribution in [0, 0.1) is 0 Å². The zero-order valence-corrected chi connectivity index (χ0v) is 14.3. The molecule has 4 rings (SSSR count). The second kappa shape index (κ2) is 5.68. The van der Waals surface area contributed by atoms with Crippen molar-refractivity contribution in [2.75, 3.05) is 18.5 Å². The van der Waals surface area contributed by atoms with E-state index in [0.29, 0.717) is 0 Å². The first-order valence-electron chi connectivity index (χ1n) is 8.35. The molecular formula is C21H21N3. The van der Waals surface area contributed by atoms with Gasteiger partial charge in [-0.3, -0.25) is 0 Å². The normalized spacial score (nSPS) is 11.3. The summed E-state index contributed by atoms with van der Waals surface area (Å²) in [5.74, 6) is 1.01. The van der Waals surface area contributed by atoms with Gasteiger partial charge in [-0.05, 0) is 42.6 Å². The predicted molar refractivity (Wildman–Crippen MR) is 103 cm³/mol. The van der Waals surface area contributed by atoms with Gasteiger partial charge in [-0.1, -0.05) is 30.3 Å². The van der Waals surface area contributed by atoms with E-state index in [9.17, 15) is 0 Å². The molecule has 1 aromatic heterocycles. The Kier molecular flexibility index (Phi) is 3.49. The second-order valence-corrected chi connectivity index (χ2v) is 6.21. The molecule has 0 radical (unpaired) electrons. The van der Waals surface area contributed by atoms with E-state index in [1.165, 1.54) is 22.0 Å². The molecule has 0 atom stereocenters. The summed E-state index contributed by atoms with van der Waals surface area (Å²) in [6, 6.07) is 21.4. The highest BCUT2D eigenvalue weighted by Crippen LogP contribution is 2.30. The average Bonchev–Trinajstić information content (AvgIpc) is 2.98. The van der Waals surface area contributed by atoms with E-state index >= 15 is 0 Å². The fraction of sp³-hybridized carbons (Fsp3) is 0.190. The first-order valence-corrected chi connectivity index (χ1v) is 8.35. The highest BCUT2D eigenvalue weighted by molar-refractivity contribution is 6.05. The number of fused-ring (bicyclic) bond motifs is 3. The van der Waals surface area contributed by atoms with Gasteiger partial charge in [0.25, 0.3) is 0 Å². The summed E-state index contributed by atoms with van der Waals surface area (Å²) in [5, 5.41) is 2.44. The van der Waals surface area contributed by atoms with Crippen molar-refractivity contribution in [3.63, 3.8) is 0 Å². The van der Waals surface area contributed by atoms with Crippen LogP contribution in [0.4, 0.5) is 5.69 Å². The number of hydrogen-bond acceptors (Lipinski definition) is 2. The molecule has 0 bridgehead atoms. The highest BCUT2D eigenvalue weighted by atomic mass is 15.1. The van der Waals surface area contributed by atoms with Crippen molar-refractivity contribution in [1.29, 1.82) is 0 Å². The van der Waals surface area contributed by atoms with Crippen molar-refractivity contribution >= 4 is 27.5 Å².